The third kappa shape index (κ3) is 4.09. The summed E-state index contributed by atoms with van der Waals surface area (Å²) in [5.41, 5.74) is 0.449. The van der Waals surface area contributed by atoms with Crippen LogP contribution in [0.4, 0.5) is 10.5 Å². The number of methoxy groups -OCH3 is 1. The van der Waals surface area contributed by atoms with Crippen molar-refractivity contribution in [2.24, 2.45) is 0 Å². The number of nitrogens with one attached hydrogen (secondary N) is 2. The summed E-state index contributed by atoms with van der Waals surface area (Å²) in [6.45, 7) is 0. The number of carbonyl (C=O) groups excluding carboxylic acids is 1. The Bertz CT molecular complexity index is 550. The van der Waals surface area contributed by atoms with E-state index in [4.69, 9.17) is 21.4 Å². The van der Waals surface area contributed by atoms with Crippen molar-refractivity contribution < 1.29 is 19.4 Å². The molecule has 2 rings (SSSR count). The van der Waals surface area contributed by atoms with E-state index >= 15 is 0 Å². The molecule has 2 unspecified atom stereocenters. The van der Waals surface area contributed by atoms with Crippen molar-refractivity contribution in [2.75, 3.05) is 12.4 Å². The van der Waals surface area contributed by atoms with Crippen LogP contribution >= 0.6 is 11.6 Å². The van der Waals surface area contributed by atoms with E-state index in [0.717, 1.165) is 19.3 Å². The number of rotatable bonds is 4. The minimum absolute atomic E-state index is 0.00125. The van der Waals surface area contributed by atoms with Crippen LogP contribution in [-0.2, 0) is 4.74 Å². The van der Waals surface area contributed by atoms with Gasteiger partial charge in [-0.05, 0) is 37.5 Å². The molecular weight excluding hydrogens is 296 g/mol. The lowest BCUT2D eigenvalue weighted by Gasteiger charge is -2.14. The van der Waals surface area contributed by atoms with Gasteiger partial charge in [0.15, 0.2) is 0 Å². The van der Waals surface area contributed by atoms with Crippen LogP contribution in [0.15, 0.2) is 18.2 Å². The van der Waals surface area contributed by atoms with Crippen LogP contribution in [0.3, 0.4) is 0 Å². The third-order valence-electron chi connectivity index (χ3n) is 3.51. The van der Waals surface area contributed by atoms with Gasteiger partial charge in [-0.3, -0.25) is 0 Å². The van der Waals surface area contributed by atoms with E-state index < -0.39 is 5.97 Å². The van der Waals surface area contributed by atoms with Gasteiger partial charge in [-0.2, -0.15) is 0 Å². The fraction of sp³-hybridized carbons (Fsp3) is 0.429. The number of hydrogen-bond donors (Lipinski definition) is 3. The Morgan fingerprint density at radius 3 is 2.71 bits per heavy atom. The molecule has 21 heavy (non-hydrogen) atoms. The first-order valence-corrected chi connectivity index (χ1v) is 7.00. The molecule has 1 aromatic carbocycles. The number of hydrogen-bond acceptors (Lipinski definition) is 3. The average Bonchev–Trinajstić information content (AvgIpc) is 2.85. The summed E-state index contributed by atoms with van der Waals surface area (Å²) in [6, 6.07) is 4.02. The lowest BCUT2D eigenvalue weighted by molar-refractivity contribution is 0.0697. The lowest BCUT2D eigenvalue weighted by Crippen LogP contribution is -2.36. The molecule has 0 heterocycles. The molecule has 0 saturated heterocycles. The Morgan fingerprint density at radius 1 is 1.38 bits per heavy atom. The van der Waals surface area contributed by atoms with E-state index in [9.17, 15) is 9.59 Å². The number of anilines is 1. The van der Waals surface area contributed by atoms with Gasteiger partial charge in [-0.25, -0.2) is 9.59 Å². The zero-order chi connectivity index (χ0) is 15.4. The lowest BCUT2D eigenvalue weighted by atomic mass is 10.2. The summed E-state index contributed by atoms with van der Waals surface area (Å²) in [5.74, 6) is -1.10. The Morgan fingerprint density at radius 2 is 2.14 bits per heavy atom. The molecule has 0 aromatic heterocycles. The van der Waals surface area contributed by atoms with Crippen LogP contribution < -0.4 is 10.6 Å². The van der Waals surface area contributed by atoms with Crippen LogP contribution in [0.25, 0.3) is 0 Å². The Kier molecular flexibility index (Phi) is 5.03. The maximum atomic E-state index is 11.9. The smallest absolute Gasteiger partial charge is 0.337 e. The van der Waals surface area contributed by atoms with Gasteiger partial charge in [-0.1, -0.05) is 11.6 Å². The Balaban J connectivity index is 1.91. The fourth-order valence-electron chi connectivity index (χ4n) is 2.40. The zero-order valence-corrected chi connectivity index (χ0v) is 12.3. The quantitative estimate of drug-likeness (QED) is 0.797. The summed E-state index contributed by atoms with van der Waals surface area (Å²) < 4.78 is 5.25. The van der Waals surface area contributed by atoms with Crippen LogP contribution in [0, 0.1) is 0 Å². The molecule has 1 saturated carbocycles. The number of benzene rings is 1. The van der Waals surface area contributed by atoms with E-state index in [1.165, 1.54) is 18.2 Å². The summed E-state index contributed by atoms with van der Waals surface area (Å²) in [4.78, 5) is 22.7. The monoisotopic (exact) mass is 312 g/mol. The van der Waals surface area contributed by atoms with Crippen LogP contribution in [-0.4, -0.2) is 36.4 Å². The predicted octanol–water partition coefficient (Wildman–Crippen LogP) is 2.73. The highest BCUT2D eigenvalue weighted by Gasteiger charge is 2.25. The van der Waals surface area contributed by atoms with Crippen molar-refractivity contribution in [1.82, 2.24) is 5.32 Å². The number of ether oxygens (including phenoxy) is 1. The van der Waals surface area contributed by atoms with Gasteiger partial charge in [0.05, 0.1) is 16.7 Å². The number of amides is 2. The summed E-state index contributed by atoms with van der Waals surface area (Å²) in [5, 5.41) is 14.5. The first kappa shape index (κ1) is 15.6. The first-order valence-electron chi connectivity index (χ1n) is 6.62. The molecule has 0 radical (unpaired) electrons. The Labute approximate surface area is 127 Å². The molecule has 3 N–H and O–H groups in total. The second-order valence-corrected chi connectivity index (χ2v) is 5.37. The molecule has 0 bridgehead atoms. The minimum Gasteiger partial charge on any atom is -0.478 e. The highest BCUT2D eigenvalue weighted by molar-refractivity contribution is 6.33. The van der Waals surface area contributed by atoms with Crippen LogP contribution in [0.5, 0.6) is 0 Å². The number of carbonyl (C=O) groups is 2. The molecule has 6 nitrogen and oxygen atoms in total. The molecular formula is C14H17ClN2O4. The maximum Gasteiger partial charge on any atom is 0.337 e. The van der Waals surface area contributed by atoms with Gasteiger partial charge in [0.2, 0.25) is 0 Å². The Hall–Kier alpha value is -1.79. The molecule has 2 atom stereocenters. The van der Waals surface area contributed by atoms with Gasteiger partial charge in [0.25, 0.3) is 0 Å². The maximum absolute atomic E-state index is 11.9. The van der Waals surface area contributed by atoms with Crippen molar-refractivity contribution in [3.05, 3.63) is 28.8 Å². The molecule has 1 aromatic rings. The average molecular weight is 313 g/mol. The minimum atomic E-state index is -1.10. The van der Waals surface area contributed by atoms with E-state index in [2.05, 4.69) is 10.6 Å². The molecule has 0 spiro atoms. The van der Waals surface area contributed by atoms with E-state index in [-0.39, 0.29) is 28.8 Å². The SMILES string of the molecule is COC1CCC(NC(=O)Nc2ccc(C(=O)O)c(Cl)c2)C1. The highest BCUT2D eigenvalue weighted by Crippen LogP contribution is 2.23. The van der Waals surface area contributed by atoms with Crippen molar-refractivity contribution in [2.45, 2.75) is 31.4 Å². The topological polar surface area (TPSA) is 87.7 Å². The molecule has 1 aliphatic rings. The summed E-state index contributed by atoms with van der Waals surface area (Å²) in [7, 11) is 1.67. The molecule has 2 amide bonds. The largest absolute Gasteiger partial charge is 0.478 e. The van der Waals surface area contributed by atoms with Crippen LogP contribution in [0.1, 0.15) is 29.6 Å². The molecule has 0 aliphatic heterocycles. The van der Waals surface area contributed by atoms with Crippen molar-refractivity contribution in [3.8, 4) is 0 Å². The van der Waals surface area contributed by atoms with Crippen LogP contribution in [0.2, 0.25) is 5.02 Å². The molecule has 7 heteroatoms. The summed E-state index contributed by atoms with van der Waals surface area (Å²) >= 11 is 5.85. The first-order chi connectivity index (χ1) is 9.99. The van der Waals surface area contributed by atoms with Gasteiger partial charge >= 0.3 is 12.0 Å². The number of aromatic carboxylic acids is 1. The van der Waals surface area contributed by atoms with Gasteiger partial charge in [0.1, 0.15) is 0 Å². The number of halogens is 1. The van der Waals surface area contributed by atoms with E-state index in [1.807, 2.05) is 0 Å². The number of carboxylic acid groups (broad SMARTS) is 1. The second kappa shape index (κ2) is 6.78. The van der Waals surface area contributed by atoms with E-state index in [1.54, 1.807) is 7.11 Å². The van der Waals surface area contributed by atoms with Crippen molar-refractivity contribution >= 4 is 29.3 Å². The standard InChI is InChI=1S/C14H17ClN2O4/c1-21-10-4-2-8(6-10)16-14(20)17-9-3-5-11(13(18)19)12(15)7-9/h3,5,7-8,10H,2,4,6H2,1H3,(H,18,19)(H2,16,17,20). The number of urea groups is 1. The normalized spacial score (nSPS) is 21.0. The van der Waals surface area contributed by atoms with Crippen molar-refractivity contribution in [3.63, 3.8) is 0 Å². The third-order valence-corrected chi connectivity index (χ3v) is 3.82. The highest BCUT2D eigenvalue weighted by atomic mass is 35.5. The molecule has 1 fully saturated rings. The fourth-order valence-corrected chi connectivity index (χ4v) is 2.67. The second-order valence-electron chi connectivity index (χ2n) is 4.97. The predicted molar refractivity (Wildman–Crippen MR) is 79.0 cm³/mol. The molecule has 114 valence electrons. The van der Waals surface area contributed by atoms with Gasteiger partial charge in [0, 0.05) is 18.8 Å². The summed E-state index contributed by atoms with van der Waals surface area (Å²) in [6.07, 6.45) is 2.80. The van der Waals surface area contributed by atoms with Gasteiger partial charge < -0.3 is 20.5 Å². The van der Waals surface area contributed by atoms with E-state index in [0.29, 0.717) is 5.69 Å². The molecule has 1 aliphatic carbocycles. The van der Waals surface area contributed by atoms with Crippen molar-refractivity contribution in [1.29, 1.82) is 0 Å². The zero-order valence-electron chi connectivity index (χ0n) is 11.6. The van der Waals surface area contributed by atoms with Gasteiger partial charge in [-0.15, -0.1) is 0 Å². The number of carboxylic acids is 1.